The highest BCUT2D eigenvalue weighted by atomic mass is 16.4. The zero-order chi connectivity index (χ0) is 16.4. The standard InChI is InChI=1S/C18H12N4O2/c23-17(15-3-1-2-12-8-9-19-10-16(12)15)21-14-6-4-13(5-7-14)18-22-20-11-24-18/h1-11H,(H,21,23). The summed E-state index contributed by atoms with van der Waals surface area (Å²) in [6.45, 7) is 0. The molecule has 1 N–H and O–H groups in total. The Kier molecular flexibility index (Phi) is 3.47. The summed E-state index contributed by atoms with van der Waals surface area (Å²) in [6.07, 6.45) is 4.68. The highest BCUT2D eigenvalue weighted by Crippen LogP contribution is 2.21. The number of aromatic nitrogens is 3. The van der Waals surface area contributed by atoms with Gasteiger partial charge in [-0.1, -0.05) is 12.1 Å². The van der Waals surface area contributed by atoms with Gasteiger partial charge in [0, 0.05) is 34.6 Å². The molecule has 0 aliphatic rings. The molecular formula is C18H12N4O2. The predicted octanol–water partition coefficient (Wildman–Crippen LogP) is 3.54. The molecule has 0 saturated carbocycles. The minimum absolute atomic E-state index is 0.181. The number of fused-ring (bicyclic) bond motifs is 1. The summed E-state index contributed by atoms with van der Waals surface area (Å²) >= 11 is 0. The van der Waals surface area contributed by atoms with E-state index in [9.17, 15) is 4.79 Å². The van der Waals surface area contributed by atoms with E-state index in [1.165, 1.54) is 6.39 Å². The number of nitrogens with zero attached hydrogens (tertiary/aromatic N) is 3. The molecule has 0 spiro atoms. The molecule has 116 valence electrons. The second kappa shape index (κ2) is 5.92. The van der Waals surface area contributed by atoms with Crippen molar-refractivity contribution < 1.29 is 9.21 Å². The largest absolute Gasteiger partial charge is 0.423 e. The molecule has 0 aliphatic heterocycles. The number of nitrogens with one attached hydrogen (secondary N) is 1. The van der Waals surface area contributed by atoms with E-state index in [0.29, 0.717) is 17.1 Å². The molecule has 4 aromatic rings. The van der Waals surface area contributed by atoms with Gasteiger partial charge in [-0.05, 0) is 41.8 Å². The fraction of sp³-hybridized carbons (Fsp3) is 0. The van der Waals surface area contributed by atoms with Crippen molar-refractivity contribution in [1.29, 1.82) is 0 Å². The van der Waals surface area contributed by atoms with Crippen LogP contribution in [0.4, 0.5) is 5.69 Å². The molecule has 2 aromatic carbocycles. The van der Waals surface area contributed by atoms with E-state index in [0.717, 1.165) is 16.3 Å². The third-order valence-electron chi connectivity index (χ3n) is 3.68. The van der Waals surface area contributed by atoms with Gasteiger partial charge < -0.3 is 9.73 Å². The van der Waals surface area contributed by atoms with Crippen molar-refractivity contribution in [1.82, 2.24) is 15.2 Å². The normalized spacial score (nSPS) is 10.7. The van der Waals surface area contributed by atoms with Crippen molar-refractivity contribution in [3.05, 3.63) is 72.9 Å². The van der Waals surface area contributed by atoms with E-state index < -0.39 is 0 Å². The van der Waals surface area contributed by atoms with Crippen LogP contribution in [-0.2, 0) is 0 Å². The molecule has 1 amide bonds. The Morgan fingerprint density at radius 2 is 1.92 bits per heavy atom. The van der Waals surface area contributed by atoms with E-state index in [1.54, 1.807) is 30.6 Å². The Hall–Kier alpha value is -3.54. The zero-order valence-electron chi connectivity index (χ0n) is 12.5. The van der Waals surface area contributed by atoms with Gasteiger partial charge in [0.15, 0.2) is 0 Å². The summed E-state index contributed by atoms with van der Waals surface area (Å²) in [5.74, 6) is 0.257. The molecule has 0 fully saturated rings. The van der Waals surface area contributed by atoms with E-state index in [-0.39, 0.29) is 5.91 Å². The molecule has 0 atom stereocenters. The Morgan fingerprint density at radius 1 is 1.04 bits per heavy atom. The third-order valence-corrected chi connectivity index (χ3v) is 3.68. The first-order valence-electron chi connectivity index (χ1n) is 7.32. The van der Waals surface area contributed by atoms with Gasteiger partial charge in [-0.3, -0.25) is 9.78 Å². The van der Waals surface area contributed by atoms with Crippen LogP contribution in [0.2, 0.25) is 0 Å². The van der Waals surface area contributed by atoms with Gasteiger partial charge in [0.2, 0.25) is 12.3 Å². The number of carbonyl (C=O) groups is 1. The fourth-order valence-electron chi connectivity index (χ4n) is 2.50. The maximum Gasteiger partial charge on any atom is 0.256 e. The fourth-order valence-corrected chi connectivity index (χ4v) is 2.50. The van der Waals surface area contributed by atoms with Crippen LogP contribution in [0.5, 0.6) is 0 Å². The average molecular weight is 316 g/mol. The summed E-state index contributed by atoms with van der Waals surface area (Å²) in [5, 5.41) is 12.2. The topological polar surface area (TPSA) is 80.9 Å². The van der Waals surface area contributed by atoms with E-state index >= 15 is 0 Å². The summed E-state index contributed by atoms with van der Waals surface area (Å²) in [7, 11) is 0. The van der Waals surface area contributed by atoms with Crippen LogP contribution in [0.1, 0.15) is 10.4 Å². The van der Waals surface area contributed by atoms with Crippen molar-refractivity contribution in [2.75, 3.05) is 5.32 Å². The second-order valence-electron chi connectivity index (χ2n) is 5.18. The third kappa shape index (κ3) is 2.61. The molecule has 2 aromatic heterocycles. The minimum atomic E-state index is -0.181. The lowest BCUT2D eigenvalue weighted by atomic mass is 10.1. The van der Waals surface area contributed by atoms with E-state index in [4.69, 9.17) is 4.42 Å². The summed E-state index contributed by atoms with van der Waals surface area (Å²) in [5.41, 5.74) is 2.06. The Labute approximate surface area is 137 Å². The highest BCUT2D eigenvalue weighted by Gasteiger charge is 2.11. The molecule has 2 heterocycles. The van der Waals surface area contributed by atoms with Crippen molar-refractivity contribution in [2.45, 2.75) is 0 Å². The molecule has 0 radical (unpaired) electrons. The SMILES string of the molecule is O=C(Nc1ccc(-c2nnco2)cc1)c1cccc2ccncc12. The number of hydrogen-bond acceptors (Lipinski definition) is 5. The first-order valence-corrected chi connectivity index (χ1v) is 7.32. The number of pyridine rings is 1. The Bertz CT molecular complexity index is 990. The zero-order valence-corrected chi connectivity index (χ0v) is 12.5. The van der Waals surface area contributed by atoms with Crippen LogP contribution in [0.15, 0.2) is 71.7 Å². The van der Waals surface area contributed by atoms with E-state index in [2.05, 4.69) is 20.5 Å². The lowest BCUT2D eigenvalue weighted by Crippen LogP contribution is -2.12. The van der Waals surface area contributed by atoms with Crippen molar-refractivity contribution in [2.24, 2.45) is 0 Å². The quantitative estimate of drug-likeness (QED) is 0.625. The first kappa shape index (κ1) is 14.1. The van der Waals surface area contributed by atoms with Crippen LogP contribution in [0.25, 0.3) is 22.2 Å². The molecule has 6 nitrogen and oxygen atoms in total. The van der Waals surface area contributed by atoms with E-state index in [1.807, 2.05) is 30.3 Å². The highest BCUT2D eigenvalue weighted by molar-refractivity contribution is 6.12. The summed E-state index contributed by atoms with van der Waals surface area (Å²) in [6, 6.07) is 14.7. The molecule has 6 heteroatoms. The van der Waals surface area contributed by atoms with Gasteiger partial charge in [-0.15, -0.1) is 10.2 Å². The summed E-state index contributed by atoms with van der Waals surface area (Å²) in [4.78, 5) is 16.7. The molecule has 4 rings (SSSR count). The minimum Gasteiger partial charge on any atom is -0.423 e. The predicted molar refractivity (Wildman–Crippen MR) is 89.4 cm³/mol. The van der Waals surface area contributed by atoms with Gasteiger partial charge in [-0.2, -0.15) is 0 Å². The second-order valence-corrected chi connectivity index (χ2v) is 5.18. The average Bonchev–Trinajstić information content (AvgIpc) is 3.16. The molecule has 0 saturated heterocycles. The number of hydrogen-bond donors (Lipinski definition) is 1. The van der Waals surface area contributed by atoms with Crippen molar-refractivity contribution >= 4 is 22.4 Å². The maximum absolute atomic E-state index is 12.6. The maximum atomic E-state index is 12.6. The number of rotatable bonds is 3. The van der Waals surface area contributed by atoms with Crippen LogP contribution in [-0.4, -0.2) is 21.1 Å². The van der Waals surface area contributed by atoms with Gasteiger partial charge >= 0.3 is 0 Å². The Morgan fingerprint density at radius 3 is 2.71 bits per heavy atom. The number of amides is 1. The molecule has 0 bridgehead atoms. The lowest BCUT2D eigenvalue weighted by molar-refractivity contribution is 0.102. The van der Waals surface area contributed by atoms with Gasteiger partial charge in [0.05, 0.1) is 0 Å². The molecular weight excluding hydrogens is 304 g/mol. The van der Waals surface area contributed by atoms with Crippen LogP contribution < -0.4 is 5.32 Å². The van der Waals surface area contributed by atoms with Crippen molar-refractivity contribution in [3.63, 3.8) is 0 Å². The molecule has 24 heavy (non-hydrogen) atoms. The van der Waals surface area contributed by atoms with Crippen molar-refractivity contribution in [3.8, 4) is 11.5 Å². The van der Waals surface area contributed by atoms with Gasteiger partial charge in [0.25, 0.3) is 5.91 Å². The monoisotopic (exact) mass is 316 g/mol. The lowest BCUT2D eigenvalue weighted by Gasteiger charge is -2.08. The number of anilines is 1. The van der Waals surface area contributed by atoms with Crippen LogP contribution in [0, 0.1) is 0 Å². The van der Waals surface area contributed by atoms with Gasteiger partial charge in [0.1, 0.15) is 0 Å². The molecule has 0 unspecified atom stereocenters. The number of carbonyl (C=O) groups excluding carboxylic acids is 1. The Balaban J connectivity index is 1.59. The smallest absolute Gasteiger partial charge is 0.256 e. The van der Waals surface area contributed by atoms with Crippen LogP contribution >= 0.6 is 0 Å². The van der Waals surface area contributed by atoms with Crippen LogP contribution in [0.3, 0.4) is 0 Å². The van der Waals surface area contributed by atoms with Gasteiger partial charge in [-0.25, -0.2) is 0 Å². The molecule has 0 aliphatic carbocycles. The number of benzene rings is 2. The first-order chi connectivity index (χ1) is 11.8. The summed E-state index contributed by atoms with van der Waals surface area (Å²) < 4.78 is 5.14.